The molecule has 0 saturated carbocycles. The fourth-order valence-corrected chi connectivity index (χ4v) is 3.59. The summed E-state index contributed by atoms with van der Waals surface area (Å²) >= 11 is 3.25. The number of oxime groups is 1. The van der Waals surface area contributed by atoms with E-state index in [1.165, 1.54) is 7.05 Å². The molecule has 0 saturated heterocycles. The van der Waals surface area contributed by atoms with E-state index in [4.69, 9.17) is 4.84 Å². The molecule has 0 bridgehead atoms. The molecule has 0 unspecified atom stereocenters. The lowest BCUT2D eigenvalue weighted by molar-refractivity contribution is 0.152. The number of nitrogens with one attached hydrogen (secondary N) is 1. The summed E-state index contributed by atoms with van der Waals surface area (Å²) in [5.41, 5.74) is 1.79. The zero-order valence-corrected chi connectivity index (χ0v) is 15.9. The van der Waals surface area contributed by atoms with Gasteiger partial charge in [-0.1, -0.05) is 58.5 Å². The molecule has 0 atom stereocenters. The smallest absolute Gasteiger partial charge is 0.323 e. The molecule has 1 amide bonds. The van der Waals surface area contributed by atoms with Crippen LogP contribution in [0.3, 0.4) is 0 Å². The number of carbonyl (C=O) groups is 1. The van der Waals surface area contributed by atoms with E-state index < -0.39 is 6.09 Å². The number of hydrogen-bond donors (Lipinski definition) is 1. The largest absolute Gasteiger partial charge is 0.433 e. The molecule has 1 aromatic heterocycles. The average molecular weight is 344 g/mol. The van der Waals surface area contributed by atoms with Gasteiger partial charge in [-0.2, -0.15) is 0 Å². The third-order valence-electron chi connectivity index (χ3n) is 2.89. The van der Waals surface area contributed by atoms with Gasteiger partial charge >= 0.3 is 6.09 Å². The van der Waals surface area contributed by atoms with Crippen LogP contribution in [0.5, 0.6) is 0 Å². The summed E-state index contributed by atoms with van der Waals surface area (Å²) in [6, 6.07) is 0. The van der Waals surface area contributed by atoms with Crippen LogP contribution in [-0.2, 0) is 10.3 Å². The third kappa shape index (κ3) is 5.96. The Bertz CT molecular complexity index is 540. The minimum absolute atomic E-state index is 0.0541. The summed E-state index contributed by atoms with van der Waals surface area (Å²) in [5.74, 6) is 0.636. The maximum atomic E-state index is 11.2. The van der Waals surface area contributed by atoms with Crippen LogP contribution < -0.4 is 5.32 Å². The lowest BCUT2D eigenvalue weighted by Crippen LogP contribution is -2.25. The Balaban J connectivity index is 2.76. The molecule has 0 aliphatic rings. The molecule has 124 valence electrons. The van der Waals surface area contributed by atoms with Crippen molar-refractivity contribution in [3.8, 4) is 0 Å². The van der Waals surface area contributed by atoms with Crippen LogP contribution in [0.15, 0.2) is 14.9 Å². The zero-order valence-electron chi connectivity index (χ0n) is 14.3. The normalized spacial score (nSPS) is 13.1. The lowest BCUT2D eigenvalue weighted by Gasteiger charge is -2.19. The highest BCUT2D eigenvalue weighted by Gasteiger charge is 2.22. The maximum absolute atomic E-state index is 11.2. The van der Waals surface area contributed by atoms with Gasteiger partial charge in [0.1, 0.15) is 0 Å². The Morgan fingerprint density at radius 2 is 2.00 bits per heavy atom. The first-order valence-corrected chi connectivity index (χ1v) is 8.95. The van der Waals surface area contributed by atoms with Gasteiger partial charge in [0, 0.05) is 29.0 Å². The minimum Gasteiger partial charge on any atom is -0.323 e. The molecular formula is C15H25N3O2S2. The van der Waals surface area contributed by atoms with E-state index in [0.717, 1.165) is 15.7 Å². The number of aromatic nitrogens is 1. The molecule has 5 nitrogen and oxygen atoms in total. The number of amides is 1. The van der Waals surface area contributed by atoms with Gasteiger partial charge in [-0.05, 0) is 0 Å². The molecule has 0 aromatic carbocycles. The number of thioether (sulfide) groups is 1. The molecular weight excluding hydrogens is 318 g/mol. The zero-order chi connectivity index (χ0) is 17.0. The quantitative estimate of drug-likeness (QED) is 0.383. The predicted molar refractivity (Wildman–Crippen MR) is 94.0 cm³/mol. The second-order valence-corrected chi connectivity index (χ2v) is 9.03. The highest BCUT2D eigenvalue weighted by atomic mass is 32.2. The molecule has 1 heterocycles. The van der Waals surface area contributed by atoms with Crippen LogP contribution in [0.2, 0.25) is 0 Å². The van der Waals surface area contributed by atoms with Crippen molar-refractivity contribution in [2.45, 2.75) is 51.3 Å². The summed E-state index contributed by atoms with van der Waals surface area (Å²) in [7, 11) is 1.51. The first-order valence-electron chi connectivity index (χ1n) is 7.09. The third-order valence-corrected chi connectivity index (χ3v) is 4.92. The van der Waals surface area contributed by atoms with Crippen molar-refractivity contribution in [1.82, 2.24) is 10.3 Å². The summed E-state index contributed by atoms with van der Waals surface area (Å²) in [4.78, 5) is 20.7. The number of thiazole rings is 1. The molecule has 1 N–H and O–H groups in total. The maximum Gasteiger partial charge on any atom is 0.433 e. The standard InChI is InChI=1S/C15H25N3O2S2/c1-14(2,3)10-8-21-13(17-10)22-9-11(15(4,5)6)18-20-12(19)16-7/h8H,9H2,1-7H3,(H,16,19). The van der Waals surface area contributed by atoms with E-state index in [9.17, 15) is 4.79 Å². The van der Waals surface area contributed by atoms with Gasteiger partial charge in [0.25, 0.3) is 0 Å². The number of hydrogen-bond acceptors (Lipinski definition) is 6. The number of rotatable bonds is 4. The number of nitrogens with zero attached hydrogens (tertiary/aromatic N) is 2. The van der Waals surface area contributed by atoms with Crippen LogP contribution in [0, 0.1) is 5.41 Å². The Morgan fingerprint density at radius 1 is 1.36 bits per heavy atom. The van der Waals surface area contributed by atoms with Gasteiger partial charge in [0.2, 0.25) is 0 Å². The van der Waals surface area contributed by atoms with Crippen molar-refractivity contribution in [2.75, 3.05) is 12.8 Å². The van der Waals surface area contributed by atoms with Gasteiger partial charge in [-0.3, -0.25) is 4.84 Å². The van der Waals surface area contributed by atoms with E-state index in [1.807, 2.05) is 20.8 Å². The SMILES string of the molecule is CNC(=O)ON=C(CSc1nc(C(C)(C)C)cs1)C(C)(C)C. The summed E-state index contributed by atoms with van der Waals surface area (Å²) in [5, 5.41) is 8.47. The molecule has 0 radical (unpaired) electrons. The molecule has 0 aliphatic heterocycles. The van der Waals surface area contributed by atoms with Crippen LogP contribution in [0.4, 0.5) is 4.79 Å². The lowest BCUT2D eigenvalue weighted by atomic mass is 9.91. The van der Waals surface area contributed by atoms with E-state index in [1.54, 1.807) is 23.1 Å². The highest BCUT2D eigenvalue weighted by molar-refractivity contribution is 8.01. The van der Waals surface area contributed by atoms with Crippen LogP contribution >= 0.6 is 23.1 Å². The topological polar surface area (TPSA) is 63.6 Å². The fourth-order valence-electron chi connectivity index (χ4n) is 1.32. The van der Waals surface area contributed by atoms with E-state index in [-0.39, 0.29) is 10.8 Å². The second kappa shape index (κ2) is 7.46. The van der Waals surface area contributed by atoms with E-state index in [2.05, 4.69) is 41.6 Å². The molecule has 0 fully saturated rings. The summed E-state index contributed by atoms with van der Waals surface area (Å²) in [6.07, 6.45) is -0.559. The van der Waals surface area contributed by atoms with E-state index in [0.29, 0.717) is 5.75 Å². The molecule has 22 heavy (non-hydrogen) atoms. The van der Waals surface area contributed by atoms with Crippen molar-refractivity contribution in [3.05, 3.63) is 11.1 Å². The Morgan fingerprint density at radius 3 is 2.45 bits per heavy atom. The average Bonchev–Trinajstić information content (AvgIpc) is 2.85. The molecule has 7 heteroatoms. The van der Waals surface area contributed by atoms with Crippen molar-refractivity contribution in [1.29, 1.82) is 0 Å². The Labute approximate surface area is 140 Å². The highest BCUT2D eigenvalue weighted by Crippen LogP contribution is 2.30. The van der Waals surface area contributed by atoms with Gasteiger partial charge in [-0.15, -0.1) is 11.3 Å². The van der Waals surface area contributed by atoms with Crippen LogP contribution in [0.25, 0.3) is 0 Å². The number of carbonyl (C=O) groups excluding carboxylic acids is 1. The fraction of sp³-hybridized carbons (Fsp3) is 0.667. The van der Waals surface area contributed by atoms with Crippen LogP contribution in [-0.4, -0.2) is 29.6 Å². The van der Waals surface area contributed by atoms with Crippen molar-refractivity contribution >= 4 is 34.9 Å². The Kier molecular flexibility index (Phi) is 6.43. The van der Waals surface area contributed by atoms with E-state index >= 15 is 0 Å². The Hall–Kier alpha value is -1.08. The minimum atomic E-state index is -0.559. The van der Waals surface area contributed by atoms with Gasteiger partial charge in [-0.25, -0.2) is 9.78 Å². The molecule has 0 spiro atoms. The molecule has 0 aliphatic carbocycles. The summed E-state index contributed by atoms with van der Waals surface area (Å²) in [6.45, 7) is 12.6. The van der Waals surface area contributed by atoms with Crippen molar-refractivity contribution < 1.29 is 9.63 Å². The van der Waals surface area contributed by atoms with Gasteiger partial charge in [0.05, 0.1) is 11.4 Å². The summed E-state index contributed by atoms with van der Waals surface area (Å²) < 4.78 is 1.00. The molecule has 1 rings (SSSR count). The van der Waals surface area contributed by atoms with Gasteiger partial charge in [0.15, 0.2) is 4.34 Å². The first-order chi connectivity index (χ1) is 10.0. The van der Waals surface area contributed by atoms with Crippen molar-refractivity contribution in [3.63, 3.8) is 0 Å². The predicted octanol–water partition coefficient (Wildman–Crippen LogP) is 4.29. The molecule has 1 aromatic rings. The second-order valence-electron chi connectivity index (χ2n) is 6.95. The van der Waals surface area contributed by atoms with Crippen LogP contribution in [0.1, 0.15) is 47.2 Å². The first kappa shape index (κ1) is 19.0. The van der Waals surface area contributed by atoms with Crippen molar-refractivity contribution in [2.24, 2.45) is 10.6 Å². The monoisotopic (exact) mass is 343 g/mol. The van der Waals surface area contributed by atoms with Gasteiger partial charge < -0.3 is 5.32 Å².